The van der Waals surface area contributed by atoms with Crippen LogP contribution in [0.15, 0.2) is 47.4 Å². The van der Waals surface area contributed by atoms with Crippen LogP contribution in [0.1, 0.15) is 57.7 Å². The topological polar surface area (TPSA) is 93.5 Å². The van der Waals surface area contributed by atoms with Crippen LogP contribution in [-0.2, 0) is 4.74 Å². The molecule has 4 heterocycles. The zero-order valence-corrected chi connectivity index (χ0v) is 25.7. The van der Waals surface area contributed by atoms with Crippen molar-refractivity contribution in [3.8, 4) is 16.9 Å². The van der Waals surface area contributed by atoms with Crippen molar-refractivity contribution in [1.29, 1.82) is 0 Å². The van der Waals surface area contributed by atoms with Crippen molar-refractivity contribution in [2.75, 3.05) is 24.5 Å². The van der Waals surface area contributed by atoms with Gasteiger partial charge in [0, 0.05) is 43.4 Å². The van der Waals surface area contributed by atoms with E-state index in [2.05, 4.69) is 9.97 Å². The largest absolute Gasteiger partial charge is 0.444 e. The van der Waals surface area contributed by atoms with Gasteiger partial charge in [0.25, 0.3) is 0 Å². The van der Waals surface area contributed by atoms with Crippen LogP contribution < -0.4 is 10.6 Å². The molecule has 1 amide bonds. The molecule has 0 radical (unpaired) electrons. The van der Waals surface area contributed by atoms with E-state index in [9.17, 15) is 14.0 Å². The number of hydrogen-bond acceptors (Lipinski definition) is 7. The van der Waals surface area contributed by atoms with Crippen LogP contribution in [-0.4, -0.2) is 61.8 Å². The molecule has 4 aromatic rings. The van der Waals surface area contributed by atoms with Gasteiger partial charge in [0.05, 0.1) is 27.5 Å². The molecule has 1 aliphatic carbocycles. The molecule has 1 atom stereocenters. The Labute approximate surface area is 254 Å². The summed E-state index contributed by atoms with van der Waals surface area (Å²) in [7, 11) is 0. The molecule has 11 heteroatoms. The maximum Gasteiger partial charge on any atom is 0.410 e. The van der Waals surface area contributed by atoms with E-state index in [4.69, 9.17) is 21.3 Å². The summed E-state index contributed by atoms with van der Waals surface area (Å²) in [4.78, 5) is 44.6. The lowest BCUT2D eigenvalue weighted by atomic mass is 10.1. The highest BCUT2D eigenvalue weighted by Crippen LogP contribution is 2.43. The Morgan fingerprint density at radius 3 is 2.53 bits per heavy atom. The van der Waals surface area contributed by atoms with Gasteiger partial charge in [-0.25, -0.2) is 23.5 Å². The summed E-state index contributed by atoms with van der Waals surface area (Å²) < 4.78 is 22.1. The number of carbonyl (C=O) groups is 1. The highest BCUT2D eigenvalue weighted by Gasteiger charge is 2.34. The number of anilines is 1. The zero-order valence-electron chi connectivity index (χ0n) is 24.9. The standard InChI is InChI=1S/C32H34ClFN6O3/c1-18-12-13-35-25(20-10-11-20)27(18)40-29-22(16-23(33)26(36-29)21-8-6-7-9-24(21)34)28(37-30(40)41)39-15-14-38(17-19(39)2)31(42)43-32(3,4)5/h6-9,12-13,16,19-20H,10-11,14-15,17H2,1-5H3. The number of pyridine rings is 2. The maximum absolute atomic E-state index is 15.0. The van der Waals surface area contributed by atoms with E-state index in [1.54, 1.807) is 35.4 Å². The Morgan fingerprint density at radius 2 is 1.86 bits per heavy atom. The summed E-state index contributed by atoms with van der Waals surface area (Å²) >= 11 is 6.80. The Kier molecular flexibility index (Phi) is 7.36. The predicted octanol–water partition coefficient (Wildman–Crippen LogP) is 6.27. The third-order valence-corrected chi connectivity index (χ3v) is 8.11. The van der Waals surface area contributed by atoms with E-state index < -0.39 is 17.1 Å². The summed E-state index contributed by atoms with van der Waals surface area (Å²) in [6, 6.07) is 9.66. The molecular weight excluding hydrogens is 571 g/mol. The number of aromatic nitrogens is 4. The number of ether oxygens (including phenoxy) is 1. The van der Waals surface area contributed by atoms with Crippen molar-refractivity contribution in [1.82, 2.24) is 24.4 Å². The Bertz CT molecular complexity index is 1800. The summed E-state index contributed by atoms with van der Waals surface area (Å²) in [5, 5.41) is 0.781. The van der Waals surface area contributed by atoms with E-state index >= 15 is 0 Å². The molecule has 6 rings (SSSR count). The molecule has 43 heavy (non-hydrogen) atoms. The molecular formula is C32H34ClFN6O3. The average Bonchev–Trinajstić information content (AvgIpc) is 3.78. The molecule has 1 aromatic carbocycles. The fraction of sp³-hybridized carbons (Fsp3) is 0.406. The van der Waals surface area contributed by atoms with Gasteiger partial charge in [0.15, 0.2) is 5.65 Å². The third-order valence-electron chi connectivity index (χ3n) is 7.82. The molecule has 2 aliphatic rings. The van der Waals surface area contributed by atoms with Gasteiger partial charge in [0.2, 0.25) is 0 Å². The predicted molar refractivity (Wildman–Crippen MR) is 165 cm³/mol. The molecule has 0 N–H and O–H groups in total. The number of aryl methyl sites for hydroxylation is 1. The Hall–Kier alpha value is -4.05. The maximum atomic E-state index is 15.0. The summed E-state index contributed by atoms with van der Waals surface area (Å²) in [5.74, 6) is 0.190. The number of piperazine rings is 1. The highest BCUT2D eigenvalue weighted by atomic mass is 35.5. The molecule has 224 valence electrons. The zero-order chi connectivity index (χ0) is 30.6. The van der Waals surface area contributed by atoms with Gasteiger partial charge in [-0.3, -0.25) is 4.98 Å². The smallest absolute Gasteiger partial charge is 0.410 e. The van der Waals surface area contributed by atoms with Gasteiger partial charge in [-0.15, -0.1) is 0 Å². The number of benzene rings is 1. The second-order valence-corrected chi connectivity index (χ2v) is 12.7. The molecule has 0 bridgehead atoms. The number of rotatable bonds is 4. The van der Waals surface area contributed by atoms with Crippen molar-refractivity contribution >= 4 is 34.5 Å². The van der Waals surface area contributed by atoms with E-state index in [-0.39, 0.29) is 34.3 Å². The van der Waals surface area contributed by atoms with Gasteiger partial charge in [-0.1, -0.05) is 23.7 Å². The number of carbonyl (C=O) groups excluding carboxylic acids is 1. The van der Waals surface area contributed by atoms with Crippen LogP contribution in [0, 0.1) is 12.7 Å². The van der Waals surface area contributed by atoms with Gasteiger partial charge in [-0.05, 0) is 77.3 Å². The third kappa shape index (κ3) is 5.56. The summed E-state index contributed by atoms with van der Waals surface area (Å²) in [6.07, 6.45) is 3.34. The fourth-order valence-electron chi connectivity index (χ4n) is 5.65. The monoisotopic (exact) mass is 604 g/mol. The second kappa shape index (κ2) is 10.9. The van der Waals surface area contributed by atoms with Crippen molar-refractivity contribution in [2.24, 2.45) is 0 Å². The molecule has 1 unspecified atom stereocenters. The van der Waals surface area contributed by atoms with Crippen molar-refractivity contribution in [2.45, 2.75) is 65.0 Å². The minimum Gasteiger partial charge on any atom is -0.444 e. The normalized spacial score (nSPS) is 17.4. The average molecular weight is 605 g/mol. The quantitative estimate of drug-likeness (QED) is 0.271. The minimum atomic E-state index is -0.609. The first kappa shape index (κ1) is 29.0. The van der Waals surface area contributed by atoms with Crippen molar-refractivity contribution in [3.63, 3.8) is 0 Å². The molecule has 3 aromatic heterocycles. The number of nitrogens with zero attached hydrogens (tertiary/aromatic N) is 6. The number of fused-ring (bicyclic) bond motifs is 1. The van der Waals surface area contributed by atoms with Crippen LogP contribution in [0.4, 0.5) is 15.0 Å². The fourth-order valence-corrected chi connectivity index (χ4v) is 5.90. The molecule has 9 nitrogen and oxygen atoms in total. The van der Waals surface area contributed by atoms with Crippen LogP contribution in [0.5, 0.6) is 0 Å². The van der Waals surface area contributed by atoms with E-state index in [1.165, 1.54) is 10.6 Å². The van der Waals surface area contributed by atoms with E-state index in [0.717, 1.165) is 24.1 Å². The summed E-state index contributed by atoms with van der Waals surface area (Å²) in [6.45, 7) is 10.6. The first-order valence-corrected chi connectivity index (χ1v) is 14.9. The lowest BCUT2D eigenvalue weighted by Crippen LogP contribution is -2.55. The number of amides is 1. The highest BCUT2D eigenvalue weighted by molar-refractivity contribution is 6.33. The van der Waals surface area contributed by atoms with Crippen LogP contribution >= 0.6 is 11.6 Å². The minimum absolute atomic E-state index is 0.195. The molecule has 2 fully saturated rings. The van der Waals surface area contributed by atoms with E-state index in [1.807, 2.05) is 45.6 Å². The van der Waals surface area contributed by atoms with Gasteiger partial charge < -0.3 is 14.5 Å². The number of hydrogen-bond donors (Lipinski definition) is 0. The van der Waals surface area contributed by atoms with Crippen LogP contribution in [0.3, 0.4) is 0 Å². The molecule has 1 aliphatic heterocycles. The van der Waals surface area contributed by atoms with Crippen molar-refractivity contribution in [3.05, 3.63) is 75.2 Å². The summed E-state index contributed by atoms with van der Waals surface area (Å²) in [5.41, 5.74) is 1.98. The molecule has 0 spiro atoms. The van der Waals surface area contributed by atoms with E-state index in [0.29, 0.717) is 42.2 Å². The van der Waals surface area contributed by atoms with Crippen molar-refractivity contribution < 1.29 is 13.9 Å². The van der Waals surface area contributed by atoms with Gasteiger partial charge in [0.1, 0.15) is 17.2 Å². The first-order chi connectivity index (χ1) is 20.4. The second-order valence-electron chi connectivity index (χ2n) is 12.3. The van der Waals surface area contributed by atoms with Crippen LogP contribution in [0.25, 0.3) is 28.0 Å². The SMILES string of the molecule is Cc1ccnc(C2CC2)c1-n1c(=O)nc(N2CCN(C(=O)OC(C)(C)C)CC2C)c2cc(Cl)c(-c3ccccc3F)nc21. The molecule has 1 saturated carbocycles. The lowest BCUT2D eigenvalue weighted by Gasteiger charge is -2.41. The Balaban J connectivity index is 1.53. The molecule has 1 saturated heterocycles. The lowest BCUT2D eigenvalue weighted by molar-refractivity contribution is 0.0218. The number of halogens is 2. The van der Waals surface area contributed by atoms with Crippen LogP contribution in [0.2, 0.25) is 5.02 Å². The Morgan fingerprint density at radius 1 is 1.12 bits per heavy atom. The van der Waals surface area contributed by atoms with Gasteiger partial charge in [-0.2, -0.15) is 4.98 Å². The first-order valence-electron chi connectivity index (χ1n) is 14.5. The van der Waals surface area contributed by atoms with Gasteiger partial charge >= 0.3 is 11.8 Å².